The molecule has 1 heterocycles. The summed E-state index contributed by atoms with van der Waals surface area (Å²) in [6.07, 6.45) is 1.21. The Morgan fingerprint density at radius 2 is 1.94 bits per heavy atom. The standard InChI is InChI=1S/C11H11NO3S/c1-9-2-4-10(5-3-9)7-15-11-6-12-16(13,14)8-11/h2-6,8H,7H2,1H3. The van der Waals surface area contributed by atoms with Gasteiger partial charge in [-0.3, -0.25) is 0 Å². The lowest BCUT2D eigenvalue weighted by atomic mass is 10.2. The van der Waals surface area contributed by atoms with Gasteiger partial charge in [-0.05, 0) is 12.5 Å². The first kappa shape index (κ1) is 10.9. The Morgan fingerprint density at radius 3 is 2.50 bits per heavy atom. The van der Waals surface area contributed by atoms with Crippen LogP contribution >= 0.6 is 0 Å². The predicted octanol–water partition coefficient (Wildman–Crippen LogP) is 1.77. The van der Waals surface area contributed by atoms with Crippen LogP contribution in [0.4, 0.5) is 0 Å². The second-order valence-corrected chi connectivity index (χ2v) is 5.02. The van der Waals surface area contributed by atoms with E-state index in [0.717, 1.165) is 11.0 Å². The van der Waals surface area contributed by atoms with Crippen LogP contribution in [0.1, 0.15) is 11.1 Å². The van der Waals surface area contributed by atoms with Crippen molar-refractivity contribution in [1.82, 2.24) is 0 Å². The molecule has 0 bridgehead atoms. The predicted molar refractivity (Wildman–Crippen MR) is 61.5 cm³/mol. The van der Waals surface area contributed by atoms with Crippen LogP contribution in [0.5, 0.6) is 0 Å². The number of allylic oxidation sites excluding steroid dienone is 1. The van der Waals surface area contributed by atoms with Crippen molar-refractivity contribution in [3.05, 3.63) is 46.6 Å². The highest BCUT2D eigenvalue weighted by Crippen LogP contribution is 2.12. The summed E-state index contributed by atoms with van der Waals surface area (Å²) in [7, 11) is -3.42. The van der Waals surface area contributed by atoms with Gasteiger partial charge in [0, 0.05) is 0 Å². The molecule has 84 valence electrons. The van der Waals surface area contributed by atoms with E-state index < -0.39 is 10.0 Å². The maximum Gasteiger partial charge on any atom is 0.279 e. The highest BCUT2D eigenvalue weighted by molar-refractivity contribution is 7.93. The molecule has 1 aromatic carbocycles. The van der Waals surface area contributed by atoms with E-state index >= 15 is 0 Å². The summed E-state index contributed by atoms with van der Waals surface area (Å²) in [5.74, 6) is 0.278. The van der Waals surface area contributed by atoms with E-state index in [1.54, 1.807) is 0 Å². The molecule has 2 rings (SSSR count). The summed E-state index contributed by atoms with van der Waals surface area (Å²) < 4.78 is 30.5. The van der Waals surface area contributed by atoms with E-state index in [-0.39, 0.29) is 5.76 Å². The first-order chi connectivity index (χ1) is 7.55. The Kier molecular flexibility index (Phi) is 2.78. The molecular weight excluding hydrogens is 226 g/mol. The van der Waals surface area contributed by atoms with Crippen LogP contribution in [0.3, 0.4) is 0 Å². The molecule has 5 heteroatoms. The molecule has 0 saturated heterocycles. The van der Waals surface area contributed by atoms with Crippen LogP contribution in [-0.2, 0) is 21.4 Å². The fourth-order valence-corrected chi connectivity index (χ4v) is 1.99. The number of aryl methyl sites for hydroxylation is 1. The second-order valence-electron chi connectivity index (χ2n) is 3.54. The normalized spacial score (nSPS) is 17.2. The van der Waals surface area contributed by atoms with Crippen LogP contribution in [0.15, 0.2) is 39.8 Å². The van der Waals surface area contributed by atoms with Crippen molar-refractivity contribution in [2.75, 3.05) is 0 Å². The molecule has 0 unspecified atom stereocenters. The van der Waals surface area contributed by atoms with E-state index in [1.807, 2.05) is 31.2 Å². The number of ether oxygens (including phenoxy) is 1. The van der Waals surface area contributed by atoms with Gasteiger partial charge in [-0.15, -0.1) is 0 Å². The Morgan fingerprint density at radius 1 is 1.25 bits per heavy atom. The molecule has 0 aliphatic carbocycles. The molecule has 1 aliphatic heterocycles. The first-order valence-corrected chi connectivity index (χ1v) is 6.26. The van der Waals surface area contributed by atoms with E-state index in [4.69, 9.17) is 4.74 Å². The summed E-state index contributed by atoms with van der Waals surface area (Å²) in [6.45, 7) is 2.34. The quantitative estimate of drug-likeness (QED) is 0.805. The average molecular weight is 237 g/mol. The zero-order valence-corrected chi connectivity index (χ0v) is 9.57. The lowest BCUT2D eigenvalue weighted by Crippen LogP contribution is -1.93. The molecule has 0 amide bonds. The summed E-state index contributed by atoms with van der Waals surface area (Å²) >= 11 is 0. The molecule has 0 aromatic heterocycles. The second kappa shape index (κ2) is 4.09. The highest BCUT2D eigenvalue weighted by atomic mass is 32.2. The maximum absolute atomic E-state index is 10.9. The molecule has 0 spiro atoms. The Balaban J connectivity index is 1.99. The third-order valence-electron chi connectivity index (χ3n) is 2.12. The Labute approximate surface area is 94.3 Å². The van der Waals surface area contributed by atoms with Gasteiger partial charge in [0.1, 0.15) is 6.61 Å². The smallest absolute Gasteiger partial charge is 0.279 e. The van der Waals surface area contributed by atoms with Crippen LogP contribution in [0.25, 0.3) is 0 Å². The van der Waals surface area contributed by atoms with Crippen molar-refractivity contribution in [1.29, 1.82) is 0 Å². The Hall–Kier alpha value is -1.62. The molecule has 1 aliphatic rings. The van der Waals surface area contributed by atoms with Crippen molar-refractivity contribution in [2.24, 2.45) is 4.40 Å². The van der Waals surface area contributed by atoms with Gasteiger partial charge in [-0.25, -0.2) is 0 Å². The fraction of sp³-hybridized carbons (Fsp3) is 0.182. The van der Waals surface area contributed by atoms with Gasteiger partial charge in [0.2, 0.25) is 0 Å². The molecule has 16 heavy (non-hydrogen) atoms. The molecule has 0 radical (unpaired) electrons. The van der Waals surface area contributed by atoms with E-state index in [0.29, 0.717) is 6.61 Å². The van der Waals surface area contributed by atoms with Gasteiger partial charge in [-0.1, -0.05) is 29.8 Å². The SMILES string of the molecule is Cc1ccc(COC2=CS(=O)(=O)N=C2)cc1. The Bertz CT molecular complexity index is 541. The minimum absolute atomic E-state index is 0.278. The van der Waals surface area contributed by atoms with Gasteiger partial charge >= 0.3 is 0 Å². The summed E-state index contributed by atoms with van der Waals surface area (Å²) in [4.78, 5) is 0. The molecule has 0 atom stereocenters. The monoisotopic (exact) mass is 237 g/mol. The third kappa shape index (κ3) is 2.70. The van der Waals surface area contributed by atoms with Gasteiger partial charge in [0.15, 0.2) is 5.76 Å². The van der Waals surface area contributed by atoms with Crippen LogP contribution in [0, 0.1) is 6.92 Å². The van der Waals surface area contributed by atoms with E-state index in [9.17, 15) is 8.42 Å². The molecule has 0 fully saturated rings. The van der Waals surface area contributed by atoms with Gasteiger partial charge in [0.25, 0.3) is 10.0 Å². The first-order valence-electron chi connectivity index (χ1n) is 4.75. The fourth-order valence-electron chi connectivity index (χ4n) is 1.26. The van der Waals surface area contributed by atoms with E-state index in [2.05, 4.69) is 4.40 Å². The molecule has 0 N–H and O–H groups in total. The summed E-state index contributed by atoms with van der Waals surface area (Å²) in [5, 5.41) is 1.02. The molecule has 1 aromatic rings. The number of sulfonamides is 1. The minimum Gasteiger partial charge on any atom is -0.486 e. The van der Waals surface area contributed by atoms with Crippen LogP contribution in [0.2, 0.25) is 0 Å². The number of benzene rings is 1. The minimum atomic E-state index is -3.42. The van der Waals surface area contributed by atoms with Crippen molar-refractivity contribution in [3.63, 3.8) is 0 Å². The molecule has 0 saturated carbocycles. The lowest BCUT2D eigenvalue weighted by Gasteiger charge is -2.04. The molecular formula is C11H11NO3S. The number of rotatable bonds is 3. The molecule has 4 nitrogen and oxygen atoms in total. The zero-order chi connectivity index (χ0) is 11.6. The van der Waals surface area contributed by atoms with Crippen molar-refractivity contribution in [2.45, 2.75) is 13.5 Å². The summed E-state index contributed by atoms with van der Waals surface area (Å²) in [6, 6.07) is 7.84. The van der Waals surface area contributed by atoms with Crippen LogP contribution in [-0.4, -0.2) is 14.6 Å². The largest absolute Gasteiger partial charge is 0.486 e. The topological polar surface area (TPSA) is 55.7 Å². The maximum atomic E-state index is 10.9. The third-order valence-corrected chi connectivity index (χ3v) is 3.05. The highest BCUT2D eigenvalue weighted by Gasteiger charge is 2.13. The number of hydrogen-bond acceptors (Lipinski definition) is 3. The summed E-state index contributed by atoms with van der Waals surface area (Å²) in [5.41, 5.74) is 2.16. The van der Waals surface area contributed by atoms with Crippen molar-refractivity contribution < 1.29 is 13.2 Å². The van der Waals surface area contributed by atoms with Crippen molar-refractivity contribution >= 4 is 16.2 Å². The van der Waals surface area contributed by atoms with Gasteiger partial charge < -0.3 is 4.74 Å². The van der Waals surface area contributed by atoms with Gasteiger partial charge in [0.05, 0.1) is 11.6 Å². The number of hydrogen-bond donors (Lipinski definition) is 0. The van der Waals surface area contributed by atoms with Crippen molar-refractivity contribution in [3.8, 4) is 0 Å². The van der Waals surface area contributed by atoms with Crippen LogP contribution < -0.4 is 0 Å². The van der Waals surface area contributed by atoms with E-state index in [1.165, 1.54) is 11.8 Å². The lowest BCUT2D eigenvalue weighted by molar-refractivity contribution is 0.220. The zero-order valence-electron chi connectivity index (χ0n) is 8.75. The average Bonchev–Trinajstić information content (AvgIpc) is 2.58. The van der Waals surface area contributed by atoms with Gasteiger partial charge in [-0.2, -0.15) is 12.8 Å². The number of nitrogens with zero attached hydrogens (tertiary/aromatic N) is 1.